The van der Waals surface area contributed by atoms with Crippen molar-refractivity contribution in [2.24, 2.45) is 0 Å². The van der Waals surface area contributed by atoms with Gasteiger partial charge in [0.15, 0.2) is 5.65 Å². The number of benzene rings is 2. The molecule has 0 atom stereocenters. The van der Waals surface area contributed by atoms with Gasteiger partial charge in [-0.3, -0.25) is 33.6 Å². The van der Waals surface area contributed by atoms with Gasteiger partial charge in [-0.15, -0.1) is 0 Å². The number of carboxylic acid groups (broad SMARTS) is 1. The van der Waals surface area contributed by atoms with Gasteiger partial charge < -0.3 is 45.7 Å². The number of aryl methyl sites for hydroxylation is 1. The first-order valence-corrected chi connectivity index (χ1v) is 35.1. The molecule has 22 nitrogen and oxygen atoms in total. The van der Waals surface area contributed by atoms with Gasteiger partial charge in [0.25, 0.3) is 0 Å². The Morgan fingerprint density at radius 3 is 1.63 bits per heavy atom. The van der Waals surface area contributed by atoms with Gasteiger partial charge >= 0.3 is 53.6 Å². The fourth-order valence-corrected chi connectivity index (χ4v) is 10.5. The number of hydrogen-bond donors (Lipinski definition) is 4. The van der Waals surface area contributed by atoms with E-state index in [0.717, 1.165) is 52.5 Å². The zero-order valence-corrected chi connectivity index (χ0v) is 65.9. The molecule has 4 N–H and O–H groups in total. The Balaban J connectivity index is 0.000000448. The first-order valence-electron chi connectivity index (χ1n) is 31.7. The van der Waals surface area contributed by atoms with Gasteiger partial charge in [0.2, 0.25) is 18.1 Å². The third-order valence-electron chi connectivity index (χ3n) is 14.1. The Morgan fingerprint density at radius 2 is 1.14 bits per heavy atom. The Bertz CT molecular complexity index is 4610. The normalized spacial score (nSPS) is 12.1. The van der Waals surface area contributed by atoms with Crippen LogP contribution in [-0.4, -0.2) is 144 Å². The number of nitrogens with zero attached hydrogens (tertiary/aromatic N) is 9. The molecule has 0 spiro atoms. The molecule has 0 unspecified atom stereocenters. The summed E-state index contributed by atoms with van der Waals surface area (Å²) in [7, 11) is 0. The molecule has 12 rings (SSSR count). The summed E-state index contributed by atoms with van der Waals surface area (Å²) in [6.45, 7) is 11.3. The second-order valence-electron chi connectivity index (χ2n) is 24.8. The number of ketones is 1. The van der Waals surface area contributed by atoms with E-state index in [-0.39, 0.29) is 141 Å². The number of aliphatic carboxylic acids is 1. The van der Waals surface area contributed by atoms with Crippen LogP contribution in [0.4, 0.5) is 22.0 Å². The number of aldehydes is 1. The van der Waals surface area contributed by atoms with E-state index < -0.39 is 35.7 Å². The Kier molecular flexibility index (Phi) is 38.9. The second-order valence-corrected chi connectivity index (χ2v) is 27.8. The number of alkyl halides is 4. The third-order valence-corrected chi connectivity index (χ3v) is 16.4. The Hall–Kier alpha value is -7.35. The van der Waals surface area contributed by atoms with Gasteiger partial charge in [-0.05, 0) is 134 Å². The molecule has 8 aromatic heterocycles. The molecule has 2 amide bonds. The van der Waals surface area contributed by atoms with Crippen LogP contribution in [0.5, 0.6) is 0 Å². The molecule has 0 radical (unpaired) electrons. The summed E-state index contributed by atoms with van der Waals surface area (Å²) >= 11 is 38.3. The van der Waals surface area contributed by atoms with E-state index in [1.54, 1.807) is 107 Å². The maximum atomic E-state index is 14.0. The number of halogens is 12. The molecule has 2 aromatic carbocycles. The van der Waals surface area contributed by atoms with Gasteiger partial charge in [0.05, 0.1) is 54.8 Å². The number of Topliss-reactive ketones (excluding diaryl/α,β-unsaturated/α-hetero) is 1. The molecule has 574 valence electrons. The number of carbonyl (C=O) groups excluding carboxylic acids is 6. The van der Waals surface area contributed by atoms with Crippen molar-refractivity contribution in [3.63, 3.8) is 0 Å². The molecule has 2 saturated carbocycles. The van der Waals surface area contributed by atoms with Crippen molar-refractivity contribution < 1.29 is 101 Å². The predicted octanol–water partition coefficient (Wildman–Crippen LogP) is 13.8. The van der Waals surface area contributed by atoms with E-state index in [1.165, 1.54) is 21.7 Å². The van der Waals surface area contributed by atoms with E-state index in [1.807, 2.05) is 59.9 Å². The number of fused-ring (bicyclic) bond motifs is 4. The fraction of sp³-hybridized carbons (Fsp3) is 0.361. The predicted molar refractivity (Wildman–Crippen MR) is 407 cm³/mol. The zero-order chi connectivity index (χ0) is 76.6. The smallest absolute Gasteiger partial charge is 1.00 e. The van der Waals surface area contributed by atoms with Crippen LogP contribution in [0.1, 0.15) is 101 Å². The zero-order valence-electron chi connectivity index (χ0n) is 58.7. The van der Waals surface area contributed by atoms with Crippen LogP contribution >= 0.6 is 85.5 Å². The Morgan fingerprint density at radius 1 is 0.654 bits per heavy atom. The topological polar surface area (TPSA) is 281 Å². The standard InChI is InChI=1S/C20H18Cl2FN5O2.C13H15ClFNO.C13H15ClN2O2.C9H7ClN2O2.C7H5ClN2.C6H11BrO2.C2HF3O.2CH4.Na.H/c21-15-6-7-24-20-14(15)9-26-28(20)11-18(30)27(13-4-5-13)10-17(29)25-8-12-2-1-3-16(22)19(12)23;14-12-3-1-2-9(13(12)15)4-7-11(17)8-16-10-5-6-10;1-13(2,3)18-11(17)8-16-7-5-9-10(14)4-6-15-12(9)16;10-7-1-3-11-9-6(7)2-4-12(9)5-8(13)14;8-6-2-4-10-7-5(6)1-3-9-7;1-6(2,3)9-5(8)4-7;3-2(4,5)1-6;;;;/h1-3,6-7,9,13H,4-5,8,10-11H2,(H,25,29);1-3,10,16H,4-8H2;4-7H,8H2,1-3H3;1-4H,5H2,(H,13,14);1-4H,(H,9,10);4H2,1-3H3;1H;2*1H4;;/q;;;;;;;;;+1;-1. The number of pyridine rings is 4. The van der Waals surface area contributed by atoms with Crippen molar-refractivity contribution in [3.8, 4) is 0 Å². The number of ether oxygens (including phenoxy) is 2. The van der Waals surface area contributed by atoms with Gasteiger partial charge in [-0.25, -0.2) is 33.4 Å². The number of H-pyrrole nitrogens is 1. The Labute approximate surface area is 676 Å². The molecule has 8 heterocycles. The summed E-state index contributed by atoms with van der Waals surface area (Å²) in [4.78, 5) is 99.4. The summed E-state index contributed by atoms with van der Waals surface area (Å²) in [5, 5.41) is 24.7. The summed E-state index contributed by atoms with van der Waals surface area (Å²) in [6.07, 6.45) is 12.3. The number of nitrogens with one attached hydrogen (secondary N) is 3. The first kappa shape index (κ1) is 93.9. The number of aromatic nitrogens is 9. The molecule has 0 saturated heterocycles. The van der Waals surface area contributed by atoms with Crippen LogP contribution in [0, 0.1) is 11.6 Å². The van der Waals surface area contributed by atoms with Crippen LogP contribution < -0.4 is 40.2 Å². The van der Waals surface area contributed by atoms with E-state index in [4.69, 9.17) is 89.0 Å². The largest absolute Gasteiger partial charge is 1.00 e. The quantitative estimate of drug-likeness (QED) is 0.0204. The molecule has 0 aliphatic heterocycles. The molecule has 10 aromatic rings. The molecular formula is C72H81BrCl6F5N12NaO10. The maximum absolute atomic E-state index is 14.0. The minimum atomic E-state index is -4.64. The molecule has 2 aliphatic carbocycles. The average molecular weight is 1690 g/mol. The SMILES string of the molecule is C.C.CC(C)(C)OC(=O)CBr.CC(C)(C)OC(=O)Cn1ccc2c(Cl)ccnc21.Clc1ccnc2[nH]ccc12.O=C(CCc1cccc(Cl)c1F)CNC1CC1.O=C(CN(C(=O)Cn1ncc2c(Cl)ccnc21)C1CC1)NCc1cccc(Cl)c1F.O=C(O)Cn1ccc2c(Cl)ccnc21.O=CC(F)(F)F.[H-].[Na+]. The average Bonchev–Trinajstić information content (AvgIpc) is 1.67. The third kappa shape index (κ3) is 32.0. The number of rotatable bonds is 18. The molecule has 2 aliphatic rings. The minimum Gasteiger partial charge on any atom is -1.00 e. The van der Waals surface area contributed by atoms with E-state index in [9.17, 15) is 50.7 Å². The summed E-state index contributed by atoms with van der Waals surface area (Å²) in [5.41, 5.74) is 2.59. The summed E-state index contributed by atoms with van der Waals surface area (Å²) in [6, 6.07) is 22.4. The van der Waals surface area contributed by atoms with Gasteiger partial charge in [0, 0.05) is 90.1 Å². The van der Waals surface area contributed by atoms with Gasteiger partial charge in [-0.2, -0.15) is 18.3 Å². The van der Waals surface area contributed by atoms with Crippen LogP contribution in [0.2, 0.25) is 30.1 Å². The van der Waals surface area contributed by atoms with Crippen molar-refractivity contribution in [1.29, 1.82) is 0 Å². The maximum Gasteiger partial charge on any atom is 1.00 e. The van der Waals surface area contributed by atoms with Crippen LogP contribution in [0.15, 0.2) is 128 Å². The number of hydrogen-bond acceptors (Lipinski definition) is 15. The molecule has 2 fully saturated rings. The molecule has 107 heavy (non-hydrogen) atoms. The van der Waals surface area contributed by atoms with Crippen molar-refractivity contribution in [3.05, 3.63) is 181 Å². The monoisotopic (exact) mass is 1680 g/mol. The fourth-order valence-electron chi connectivity index (χ4n) is 9.15. The van der Waals surface area contributed by atoms with Crippen molar-refractivity contribution in [2.45, 2.75) is 151 Å². The number of amides is 2. The van der Waals surface area contributed by atoms with Gasteiger partial charge in [-0.1, -0.05) is 125 Å². The number of carboxylic acids is 1. The van der Waals surface area contributed by atoms with Crippen LogP contribution in [0.3, 0.4) is 0 Å². The summed E-state index contributed by atoms with van der Waals surface area (Å²) in [5.74, 6) is -2.87. The van der Waals surface area contributed by atoms with Crippen molar-refractivity contribution in [1.82, 2.24) is 59.4 Å². The van der Waals surface area contributed by atoms with Crippen LogP contribution in [-0.2, 0) is 75.6 Å². The first-order chi connectivity index (χ1) is 49.0. The van der Waals surface area contributed by atoms with Crippen molar-refractivity contribution in [2.75, 3.05) is 18.4 Å². The van der Waals surface area contributed by atoms with Gasteiger partial charge in [0.1, 0.15) is 70.5 Å². The number of carbonyl (C=O) groups is 7. The van der Waals surface area contributed by atoms with E-state index >= 15 is 0 Å². The second kappa shape index (κ2) is 44.3. The molecular weight excluding hydrogens is 1600 g/mol. The van der Waals surface area contributed by atoms with E-state index in [2.05, 4.69) is 56.6 Å². The van der Waals surface area contributed by atoms with Crippen molar-refractivity contribution >= 4 is 171 Å². The summed E-state index contributed by atoms with van der Waals surface area (Å²) < 4.78 is 73.7. The minimum absolute atomic E-state index is 0. The van der Waals surface area contributed by atoms with Crippen LogP contribution in [0.25, 0.3) is 44.1 Å². The van der Waals surface area contributed by atoms with E-state index in [0.29, 0.717) is 68.4 Å². The number of esters is 2. The molecule has 35 heteroatoms. The molecule has 0 bridgehead atoms. The number of aromatic amines is 1.